The molecule has 0 aliphatic rings. The van der Waals surface area contributed by atoms with Crippen LogP contribution in [0.1, 0.15) is 28.0 Å². The van der Waals surface area contributed by atoms with Crippen molar-refractivity contribution < 1.29 is 19.1 Å². The summed E-state index contributed by atoms with van der Waals surface area (Å²) in [6, 6.07) is 13.6. The zero-order valence-corrected chi connectivity index (χ0v) is 17.3. The fraction of sp³-hybridized carbons (Fsp3) is 0.190. The van der Waals surface area contributed by atoms with Crippen LogP contribution in [0.25, 0.3) is 0 Å². The molecule has 0 saturated heterocycles. The summed E-state index contributed by atoms with van der Waals surface area (Å²) in [4.78, 5) is 28.3. The molecule has 2 aromatic carbocycles. The Labute approximate surface area is 177 Å². The molecule has 8 heteroatoms. The fourth-order valence-corrected chi connectivity index (χ4v) is 3.28. The number of hydrogen-bond donors (Lipinski definition) is 1. The highest BCUT2D eigenvalue weighted by Gasteiger charge is 2.10. The minimum Gasteiger partial charge on any atom is -0.486 e. The number of halogens is 1. The number of anilines is 1. The lowest BCUT2D eigenvalue weighted by atomic mass is 10.2. The Morgan fingerprint density at radius 1 is 1.10 bits per heavy atom. The van der Waals surface area contributed by atoms with Crippen molar-refractivity contribution in [3.8, 4) is 5.75 Å². The van der Waals surface area contributed by atoms with Crippen LogP contribution >= 0.6 is 22.9 Å². The summed E-state index contributed by atoms with van der Waals surface area (Å²) in [5.41, 5.74) is 1.71. The number of esters is 1. The second-order valence-electron chi connectivity index (χ2n) is 6.00. The number of nitrogens with zero attached hydrogens (tertiary/aromatic N) is 1. The van der Waals surface area contributed by atoms with Crippen LogP contribution < -0.4 is 10.1 Å². The van der Waals surface area contributed by atoms with Crippen molar-refractivity contribution in [3.63, 3.8) is 0 Å². The second-order valence-corrected chi connectivity index (χ2v) is 7.38. The van der Waals surface area contributed by atoms with Crippen molar-refractivity contribution >= 4 is 40.5 Å². The molecular formula is C21H19ClN2O4S. The van der Waals surface area contributed by atoms with Crippen molar-refractivity contribution in [1.29, 1.82) is 0 Å². The molecule has 0 saturated carbocycles. The molecular weight excluding hydrogens is 412 g/mol. The Hall–Kier alpha value is -2.90. The average molecular weight is 431 g/mol. The molecule has 0 unspecified atom stereocenters. The van der Waals surface area contributed by atoms with Crippen LogP contribution in [0.4, 0.5) is 5.69 Å². The van der Waals surface area contributed by atoms with Gasteiger partial charge in [0.2, 0.25) is 5.91 Å². The second kappa shape index (κ2) is 10.0. The average Bonchev–Trinajstić information content (AvgIpc) is 3.15. The van der Waals surface area contributed by atoms with E-state index < -0.39 is 0 Å². The standard InChI is InChI=1S/C21H19ClN2O4S/c1-2-27-21(26)14-3-7-16(8-4-14)23-19(25)11-17-13-29-20(24-17)12-28-18-9-5-15(22)6-10-18/h3-10,13H,2,11-12H2,1H3,(H,23,25). The van der Waals surface area contributed by atoms with Gasteiger partial charge in [-0.3, -0.25) is 4.79 Å². The molecule has 1 N–H and O–H groups in total. The number of thiazole rings is 1. The van der Waals surface area contributed by atoms with Crippen molar-refractivity contribution in [2.24, 2.45) is 0 Å². The largest absolute Gasteiger partial charge is 0.486 e. The van der Waals surface area contributed by atoms with Crippen LogP contribution in [0.2, 0.25) is 5.02 Å². The summed E-state index contributed by atoms with van der Waals surface area (Å²) in [7, 11) is 0. The third kappa shape index (κ3) is 6.30. The molecule has 0 atom stereocenters. The molecule has 1 aromatic heterocycles. The Morgan fingerprint density at radius 2 is 1.83 bits per heavy atom. The van der Waals surface area contributed by atoms with Crippen LogP contribution in [-0.4, -0.2) is 23.5 Å². The predicted octanol–water partition coefficient (Wildman–Crippen LogP) is 4.73. The van der Waals surface area contributed by atoms with E-state index in [9.17, 15) is 9.59 Å². The van der Waals surface area contributed by atoms with Gasteiger partial charge in [0.15, 0.2) is 0 Å². The molecule has 0 fully saturated rings. The van der Waals surface area contributed by atoms with Gasteiger partial charge in [0.05, 0.1) is 24.3 Å². The summed E-state index contributed by atoms with van der Waals surface area (Å²) in [5.74, 6) is 0.126. The zero-order chi connectivity index (χ0) is 20.6. The quantitative estimate of drug-likeness (QED) is 0.522. The Morgan fingerprint density at radius 3 is 2.52 bits per heavy atom. The molecule has 150 valence electrons. The molecule has 3 aromatic rings. The number of ether oxygens (including phenoxy) is 2. The van der Waals surface area contributed by atoms with E-state index in [0.29, 0.717) is 40.9 Å². The maximum atomic E-state index is 12.2. The molecule has 0 aliphatic heterocycles. The highest BCUT2D eigenvalue weighted by Crippen LogP contribution is 2.19. The Balaban J connectivity index is 1.49. The molecule has 0 aliphatic carbocycles. The van der Waals surface area contributed by atoms with Crippen molar-refractivity contribution in [1.82, 2.24) is 4.98 Å². The molecule has 3 rings (SSSR count). The van der Waals surface area contributed by atoms with Crippen LogP contribution in [0.15, 0.2) is 53.9 Å². The number of amides is 1. The number of carbonyl (C=O) groups is 2. The van der Waals surface area contributed by atoms with Gasteiger partial charge < -0.3 is 14.8 Å². The summed E-state index contributed by atoms with van der Waals surface area (Å²) < 4.78 is 10.6. The summed E-state index contributed by atoms with van der Waals surface area (Å²) in [5, 5.41) is 6.06. The third-order valence-electron chi connectivity index (χ3n) is 3.80. The number of benzene rings is 2. The van der Waals surface area contributed by atoms with Gasteiger partial charge in [-0.25, -0.2) is 9.78 Å². The number of carbonyl (C=O) groups excluding carboxylic acids is 2. The lowest BCUT2D eigenvalue weighted by molar-refractivity contribution is -0.115. The third-order valence-corrected chi connectivity index (χ3v) is 4.92. The normalized spacial score (nSPS) is 10.4. The first-order valence-electron chi connectivity index (χ1n) is 8.92. The smallest absolute Gasteiger partial charge is 0.338 e. The SMILES string of the molecule is CCOC(=O)c1ccc(NC(=O)Cc2csc(COc3ccc(Cl)cc3)n2)cc1. The molecule has 0 spiro atoms. The maximum absolute atomic E-state index is 12.2. The molecule has 0 radical (unpaired) electrons. The fourth-order valence-electron chi connectivity index (χ4n) is 2.45. The first kappa shape index (κ1) is 20.8. The van der Waals surface area contributed by atoms with Crippen LogP contribution in [0, 0.1) is 0 Å². The highest BCUT2D eigenvalue weighted by atomic mass is 35.5. The summed E-state index contributed by atoms with van der Waals surface area (Å²) in [6.07, 6.45) is 0.150. The van der Waals surface area contributed by atoms with E-state index in [0.717, 1.165) is 5.01 Å². The number of aromatic nitrogens is 1. The lowest BCUT2D eigenvalue weighted by Crippen LogP contribution is -2.15. The van der Waals surface area contributed by atoms with Gasteiger partial charge >= 0.3 is 5.97 Å². The number of nitrogens with one attached hydrogen (secondary N) is 1. The Bertz CT molecular complexity index is 971. The van der Waals surface area contributed by atoms with E-state index in [4.69, 9.17) is 21.1 Å². The van der Waals surface area contributed by atoms with E-state index in [-0.39, 0.29) is 18.3 Å². The maximum Gasteiger partial charge on any atom is 0.338 e. The van der Waals surface area contributed by atoms with Gasteiger partial charge in [0.25, 0.3) is 0 Å². The number of rotatable bonds is 8. The van der Waals surface area contributed by atoms with E-state index in [1.807, 2.05) is 5.38 Å². The lowest BCUT2D eigenvalue weighted by Gasteiger charge is -2.06. The molecule has 29 heavy (non-hydrogen) atoms. The van der Waals surface area contributed by atoms with Crippen molar-refractivity contribution in [3.05, 3.63) is 75.2 Å². The van der Waals surface area contributed by atoms with Gasteiger partial charge in [-0.15, -0.1) is 11.3 Å². The number of hydrogen-bond acceptors (Lipinski definition) is 6. The van der Waals surface area contributed by atoms with E-state index >= 15 is 0 Å². The summed E-state index contributed by atoms with van der Waals surface area (Å²) >= 11 is 7.29. The van der Waals surface area contributed by atoms with Gasteiger partial charge in [0, 0.05) is 16.1 Å². The summed E-state index contributed by atoms with van der Waals surface area (Å²) in [6.45, 7) is 2.39. The van der Waals surface area contributed by atoms with Gasteiger partial charge in [0.1, 0.15) is 17.4 Å². The highest BCUT2D eigenvalue weighted by molar-refractivity contribution is 7.09. The van der Waals surface area contributed by atoms with Crippen LogP contribution in [0.3, 0.4) is 0 Å². The first-order chi connectivity index (χ1) is 14.0. The molecule has 6 nitrogen and oxygen atoms in total. The van der Waals surface area contributed by atoms with E-state index in [2.05, 4.69) is 10.3 Å². The minimum atomic E-state index is -0.388. The van der Waals surface area contributed by atoms with Crippen molar-refractivity contribution in [2.45, 2.75) is 20.0 Å². The van der Waals surface area contributed by atoms with Gasteiger partial charge in [-0.2, -0.15) is 0 Å². The molecule has 1 heterocycles. The van der Waals surface area contributed by atoms with E-state index in [1.54, 1.807) is 55.5 Å². The molecule has 0 bridgehead atoms. The minimum absolute atomic E-state index is 0.150. The monoisotopic (exact) mass is 430 g/mol. The Kier molecular flexibility index (Phi) is 7.21. The van der Waals surface area contributed by atoms with E-state index in [1.165, 1.54) is 11.3 Å². The first-order valence-corrected chi connectivity index (χ1v) is 10.2. The van der Waals surface area contributed by atoms with Gasteiger partial charge in [-0.05, 0) is 55.5 Å². The van der Waals surface area contributed by atoms with Gasteiger partial charge in [-0.1, -0.05) is 11.6 Å². The van der Waals surface area contributed by atoms with Crippen LogP contribution in [0.5, 0.6) is 5.75 Å². The predicted molar refractivity (Wildman–Crippen MR) is 113 cm³/mol. The van der Waals surface area contributed by atoms with Crippen LogP contribution in [-0.2, 0) is 22.6 Å². The topological polar surface area (TPSA) is 77.5 Å². The van der Waals surface area contributed by atoms with Crippen molar-refractivity contribution in [2.75, 3.05) is 11.9 Å². The zero-order valence-electron chi connectivity index (χ0n) is 15.7. The molecule has 1 amide bonds.